The Morgan fingerprint density at radius 3 is 2.75 bits per heavy atom. The van der Waals surface area contributed by atoms with Gasteiger partial charge in [0.1, 0.15) is 5.82 Å². The fraction of sp³-hybridized carbons (Fsp3) is 0.435. The molecule has 0 radical (unpaired) electrons. The van der Waals surface area contributed by atoms with Gasteiger partial charge in [0, 0.05) is 63.4 Å². The van der Waals surface area contributed by atoms with Crippen LogP contribution in [0.4, 0.5) is 21.5 Å². The number of hydrogen-bond acceptors (Lipinski definition) is 6. The van der Waals surface area contributed by atoms with E-state index in [-0.39, 0.29) is 29.4 Å². The van der Waals surface area contributed by atoms with E-state index in [1.807, 2.05) is 0 Å². The number of ether oxygens (including phenoxy) is 1. The van der Waals surface area contributed by atoms with Gasteiger partial charge in [-0.1, -0.05) is 0 Å². The van der Waals surface area contributed by atoms with E-state index in [2.05, 4.69) is 15.1 Å². The Morgan fingerprint density at radius 2 is 2.03 bits per heavy atom. The molecule has 1 N–H and O–H groups in total. The largest absolute Gasteiger partial charge is 0.385 e. The summed E-state index contributed by atoms with van der Waals surface area (Å²) in [6.07, 6.45) is 1.15. The maximum atomic E-state index is 13.4. The first-order valence-corrected chi connectivity index (χ1v) is 10.8. The predicted octanol–water partition coefficient (Wildman–Crippen LogP) is 2.75. The third kappa shape index (κ3) is 4.52. The van der Waals surface area contributed by atoms with Gasteiger partial charge in [-0.05, 0) is 48.7 Å². The van der Waals surface area contributed by atoms with Gasteiger partial charge in [0.15, 0.2) is 0 Å². The molecule has 2 aliphatic rings. The molecule has 8 nitrogen and oxygen atoms in total. The molecule has 0 spiro atoms. The quantitative estimate of drug-likeness (QED) is 0.403. The standard InChI is InChI=1S/C23H27FN4O4/c1-32-12-2-9-25-23(29)20-14-16-13-19(28(30)31)7-8-21(16)27-11-10-26(15-22(20)27)18-5-3-17(24)4-6-18/h3-8,13,20,22H,2,9-12,14-15H2,1H3,(H,25,29). The summed E-state index contributed by atoms with van der Waals surface area (Å²) in [5.74, 6) is -0.696. The van der Waals surface area contributed by atoms with Crippen molar-refractivity contribution in [3.05, 3.63) is 64.0 Å². The van der Waals surface area contributed by atoms with Gasteiger partial charge in [0.2, 0.25) is 5.91 Å². The monoisotopic (exact) mass is 442 g/mol. The number of carbonyl (C=O) groups is 1. The predicted molar refractivity (Wildman–Crippen MR) is 120 cm³/mol. The second-order valence-corrected chi connectivity index (χ2v) is 8.20. The number of anilines is 2. The summed E-state index contributed by atoms with van der Waals surface area (Å²) in [5.41, 5.74) is 2.72. The number of carbonyl (C=O) groups excluding carboxylic acids is 1. The Bertz CT molecular complexity index is 984. The molecule has 9 heteroatoms. The lowest BCUT2D eigenvalue weighted by Gasteiger charge is -2.49. The lowest BCUT2D eigenvalue weighted by atomic mass is 9.83. The molecular formula is C23H27FN4O4. The lowest BCUT2D eigenvalue weighted by Crippen LogP contribution is -2.61. The third-order valence-electron chi connectivity index (χ3n) is 6.26. The zero-order valence-electron chi connectivity index (χ0n) is 18.0. The summed E-state index contributed by atoms with van der Waals surface area (Å²) in [6.45, 7) is 3.06. The number of nitro benzene ring substituents is 1. The Balaban J connectivity index is 1.60. The molecule has 32 heavy (non-hydrogen) atoms. The fourth-order valence-corrected chi connectivity index (χ4v) is 4.67. The SMILES string of the molecule is COCCCNC(=O)C1Cc2cc([N+](=O)[O-])ccc2N2CCN(c3ccc(F)cc3)CC12. The van der Waals surface area contributed by atoms with Crippen LogP contribution in [0.25, 0.3) is 0 Å². The van der Waals surface area contributed by atoms with Crippen LogP contribution in [0.3, 0.4) is 0 Å². The molecule has 1 fully saturated rings. The van der Waals surface area contributed by atoms with Gasteiger partial charge in [0.05, 0.1) is 16.9 Å². The summed E-state index contributed by atoms with van der Waals surface area (Å²) >= 11 is 0. The van der Waals surface area contributed by atoms with Crippen LogP contribution < -0.4 is 15.1 Å². The Labute approximate surface area is 186 Å². The fourth-order valence-electron chi connectivity index (χ4n) is 4.67. The first kappa shape index (κ1) is 22.0. The summed E-state index contributed by atoms with van der Waals surface area (Å²) in [6, 6.07) is 11.2. The Hall–Kier alpha value is -3.20. The highest BCUT2D eigenvalue weighted by molar-refractivity contribution is 5.82. The van der Waals surface area contributed by atoms with Crippen molar-refractivity contribution >= 4 is 23.0 Å². The number of fused-ring (bicyclic) bond motifs is 3. The number of non-ortho nitro benzene ring substituents is 1. The van der Waals surface area contributed by atoms with Crippen LogP contribution >= 0.6 is 0 Å². The molecule has 2 heterocycles. The Kier molecular flexibility index (Phi) is 6.55. The van der Waals surface area contributed by atoms with E-state index in [9.17, 15) is 19.3 Å². The van der Waals surface area contributed by atoms with E-state index in [4.69, 9.17) is 4.74 Å². The second kappa shape index (κ2) is 9.52. The number of rotatable bonds is 7. The van der Waals surface area contributed by atoms with Crippen LogP contribution in [0.2, 0.25) is 0 Å². The normalized spacial score (nSPS) is 19.8. The van der Waals surface area contributed by atoms with Gasteiger partial charge in [-0.2, -0.15) is 0 Å². The number of halogens is 1. The first-order valence-electron chi connectivity index (χ1n) is 10.8. The average Bonchev–Trinajstić information content (AvgIpc) is 2.80. The summed E-state index contributed by atoms with van der Waals surface area (Å²) in [4.78, 5) is 28.4. The first-order chi connectivity index (χ1) is 15.5. The molecule has 170 valence electrons. The number of nitro groups is 1. The van der Waals surface area contributed by atoms with Gasteiger partial charge >= 0.3 is 0 Å². The van der Waals surface area contributed by atoms with E-state index < -0.39 is 4.92 Å². The van der Waals surface area contributed by atoms with Crippen molar-refractivity contribution in [1.29, 1.82) is 0 Å². The van der Waals surface area contributed by atoms with E-state index in [0.29, 0.717) is 45.6 Å². The van der Waals surface area contributed by atoms with Gasteiger partial charge in [-0.3, -0.25) is 14.9 Å². The van der Waals surface area contributed by atoms with Crippen LogP contribution in [-0.2, 0) is 16.0 Å². The molecule has 4 rings (SSSR count). The van der Waals surface area contributed by atoms with E-state index in [0.717, 1.165) is 16.9 Å². The van der Waals surface area contributed by atoms with Crippen molar-refractivity contribution in [2.45, 2.75) is 18.9 Å². The van der Waals surface area contributed by atoms with Crippen molar-refractivity contribution in [3.8, 4) is 0 Å². The number of piperazine rings is 1. The number of nitrogens with one attached hydrogen (secondary N) is 1. The van der Waals surface area contributed by atoms with Gasteiger partial charge in [0.25, 0.3) is 5.69 Å². The van der Waals surface area contributed by atoms with E-state index in [1.54, 1.807) is 31.4 Å². The summed E-state index contributed by atoms with van der Waals surface area (Å²) < 4.78 is 18.4. The highest BCUT2D eigenvalue weighted by atomic mass is 19.1. The van der Waals surface area contributed by atoms with Crippen LogP contribution in [0.15, 0.2) is 42.5 Å². The highest BCUT2D eigenvalue weighted by Gasteiger charge is 2.42. The maximum absolute atomic E-state index is 13.4. The molecule has 2 atom stereocenters. The van der Waals surface area contributed by atoms with Crippen LogP contribution in [-0.4, -0.2) is 56.8 Å². The maximum Gasteiger partial charge on any atom is 0.269 e. The van der Waals surface area contributed by atoms with E-state index in [1.165, 1.54) is 18.2 Å². The van der Waals surface area contributed by atoms with Crippen LogP contribution in [0, 0.1) is 21.8 Å². The van der Waals surface area contributed by atoms with Gasteiger partial charge in [-0.15, -0.1) is 0 Å². The van der Waals surface area contributed by atoms with Crippen LogP contribution in [0.5, 0.6) is 0 Å². The van der Waals surface area contributed by atoms with Gasteiger partial charge in [-0.25, -0.2) is 4.39 Å². The smallest absolute Gasteiger partial charge is 0.269 e. The molecular weight excluding hydrogens is 415 g/mol. The Morgan fingerprint density at radius 1 is 1.25 bits per heavy atom. The minimum absolute atomic E-state index is 0.0337. The van der Waals surface area contributed by atoms with Crippen molar-refractivity contribution in [3.63, 3.8) is 0 Å². The molecule has 0 aromatic heterocycles. The molecule has 0 saturated carbocycles. The molecule has 1 saturated heterocycles. The molecule has 0 bridgehead atoms. The number of nitrogens with zero attached hydrogens (tertiary/aromatic N) is 3. The van der Waals surface area contributed by atoms with Crippen LogP contribution in [0.1, 0.15) is 12.0 Å². The van der Waals surface area contributed by atoms with Crippen molar-refractivity contribution in [2.75, 3.05) is 49.7 Å². The average molecular weight is 442 g/mol. The lowest BCUT2D eigenvalue weighted by molar-refractivity contribution is -0.384. The second-order valence-electron chi connectivity index (χ2n) is 8.20. The zero-order valence-corrected chi connectivity index (χ0v) is 18.0. The molecule has 1 amide bonds. The molecule has 2 aromatic rings. The third-order valence-corrected chi connectivity index (χ3v) is 6.26. The highest BCUT2D eigenvalue weighted by Crippen LogP contribution is 2.38. The molecule has 0 aliphatic carbocycles. The number of amides is 1. The minimum Gasteiger partial charge on any atom is -0.385 e. The molecule has 2 unspecified atom stereocenters. The molecule has 2 aromatic carbocycles. The summed E-state index contributed by atoms with van der Waals surface area (Å²) in [7, 11) is 1.62. The van der Waals surface area contributed by atoms with Gasteiger partial charge < -0.3 is 19.9 Å². The zero-order chi connectivity index (χ0) is 22.7. The van der Waals surface area contributed by atoms with E-state index >= 15 is 0 Å². The number of benzene rings is 2. The van der Waals surface area contributed by atoms with Crippen molar-refractivity contribution < 1.29 is 18.8 Å². The summed E-state index contributed by atoms with van der Waals surface area (Å²) in [5, 5.41) is 14.3. The topological polar surface area (TPSA) is 87.9 Å². The number of hydrogen-bond donors (Lipinski definition) is 1. The van der Waals surface area contributed by atoms with Crippen molar-refractivity contribution in [2.24, 2.45) is 5.92 Å². The minimum atomic E-state index is -0.404. The molecule has 2 aliphatic heterocycles. The number of methoxy groups -OCH3 is 1. The van der Waals surface area contributed by atoms with Crippen molar-refractivity contribution in [1.82, 2.24) is 5.32 Å².